The monoisotopic (exact) mass is 454 g/mol. The highest BCUT2D eigenvalue weighted by Crippen LogP contribution is 2.39. The molecule has 0 heterocycles. The van der Waals surface area contributed by atoms with E-state index in [0.29, 0.717) is 12.1 Å². The fourth-order valence-corrected chi connectivity index (χ4v) is 4.40. The highest BCUT2D eigenvalue weighted by molar-refractivity contribution is 5.87. The van der Waals surface area contributed by atoms with Crippen LogP contribution in [0.4, 0.5) is 0 Å². The third-order valence-electron chi connectivity index (χ3n) is 6.26. The van der Waals surface area contributed by atoms with E-state index >= 15 is 0 Å². The summed E-state index contributed by atoms with van der Waals surface area (Å²) >= 11 is 0. The van der Waals surface area contributed by atoms with Crippen LogP contribution in [-0.4, -0.2) is 17.2 Å². The molecule has 0 bridgehead atoms. The van der Waals surface area contributed by atoms with E-state index in [-0.39, 0.29) is 24.2 Å². The van der Waals surface area contributed by atoms with Crippen LogP contribution in [0, 0.1) is 17.8 Å². The summed E-state index contributed by atoms with van der Waals surface area (Å²) in [5.41, 5.74) is 1.51. The Labute approximate surface area is 198 Å². The minimum Gasteiger partial charge on any atom is -0.375 e. The van der Waals surface area contributed by atoms with E-state index in [2.05, 4.69) is 53.7 Å². The van der Waals surface area contributed by atoms with E-state index in [1.54, 1.807) is 6.92 Å². The largest absolute Gasteiger partial charge is 0.375 e. The standard InChI is InChI=1S/C27H34N2O2.ClH/c1-3-11-25(28-20-22-18-16-21(4-2)17-19-22)29-26(30)27(31,23-12-7-5-8-13-23)24-14-9-6-10-15-24;/h5,7-8,12-13,16-19,24-25,28,31H,4,6,9-10,14-15,20H2,1-2H3,(H,29,30);1H. The summed E-state index contributed by atoms with van der Waals surface area (Å²) in [4.78, 5) is 13.5. The molecule has 3 rings (SSSR count). The first kappa shape index (κ1) is 25.9. The predicted molar refractivity (Wildman–Crippen MR) is 132 cm³/mol. The van der Waals surface area contributed by atoms with Gasteiger partial charge in [0.2, 0.25) is 0 Å². The molecule has 2 atom stereocenters. The number of hydrogen-bond acceptors (Lipinski definition) is 3. The zero-order valence-electron chi connectivity index (χ0n) is 19.1. The maximum absolute atomic E-state index is 13.5. The Balaban J connectivity index is 0.00000363. The molecule has 2 aromatic carbocycles. The van der Waals surface area contributed by atoms with Gasteiger partial charge in [0.05, 0.1) is 0 Å². The van der Waals surface area contributed by atoms with Crippen molar-refractivity contribution in [2.24, 2.45) is 5.92 Å². The maximum atomic E-state index is 13.5. The molecule has 172 valence electrons. The molecule has 0 spiro atoms. The fourth-order valence-electron chi connectivity index (χ4n) is 4.40. The summed E-state index contributed by atoms with van der Waals surface area (Å²) in [7, 11) is 0. The van der Waals surface area contributed by atoms with Crippen molar-refractivity contribution in [3.05, 3.63) is 71.3 Å². The Morgan fingerprint density at radius 1 is 1.06 bits per heavy atom. The van der Waals surface area contributed by atoms with Gasteiger partial charge in [0.1, 0.15) is 6.17 Å². The topological polar surface area (TPSA) is 61.4 Å². The molecule has 2 aromatic rings. The molecule has 5 heteroatoms. The number of halogens is 1. The van der Waals surface area contributed by atoms with E-state index in [1.165, 1.54) is 5.56 Å². The molecule has 1 aliphatic rings. The minimum atomic E-state index is -1.56. The van der Waals surface area contributed by atoms with Gasteiger partial charge in [0.15, 0.2) is 5.60 Å². The zero-order valence-corrected chi connectivity index (χ0v) is 19.9. The molecule has 1 fully saturated rings. The Bertz CT molecular complexity index is 899. The lowest BCUT2D eigenvalue weighted by Gasteiger charge is -2.38. The second-order valence-corrected chi connectivity index (χ2v) is 8.32. The third-order valence-corrected chi connectivity index (χ3v) is 6.26. The number of nitrogens with one attached hydrogen (secondary N) is 2. The number of hydrogen-bond donors (Lipinski definition) is 3. The Hall–Kier alpha value is -2.32. The Morgan fingerprint density at radius 3 is 2.28 bits per heavy atom. The normalized spacial score (nSPS) is 16.6. The van der Waals surface area contributed by atoms with Crippen molar-refractivity contribution in [2.45, 2.75) is 70.7 Å². The van der Waals surface area contributed by atoms with Crippen molar-refractivity contribution in [3.63, 3.8) is 0 Å². The highest BCUT2D eigenvalue weighted by atomic mass is 35.5. The van der Waals surface area contributed by atoms with Gasteiger partial charge in [-0.1, -0.05) is 86.7 Å². The number of carbonyl (C=O) groups is 1. The van der Waals surface area contributed by atoms with E-state index < -0.39 is 11.8 Å². The van der Waals surface area contributed by atoms with Crippen LogP contribution in [0.5, 0.6) is 0 Å². The molecule has 1 saturated carbocycles. The first-order valence-electron chi connectivity index (χ1n) is 11.4. The van der Waals surface area contributed by atoms with Gasteiger partial charge in [-0.05, 0) is 42.9 Å². The molecule has 0 radical (unpaired) electrons. The van der Waals surface area contributed by atoms with Crippen LogP contribution in [0.1, 0.15) is 62.6 Å². The lowest BCUT2D eigenvalue weighted by molar-refractivity contribution is -0.150. The van der Waals surface area contributed by atoms with Crippen LogP contribution in [0.2, 0.25) is 0 Å². The number of aliphatic hydroxyl groups is 1. The second-order valence-electron chi connectivity index (χ2n) is 8.32. The SMILES string of the molecule is CC#CC(NCc1ccc(CC)cc1)NC(=O)C(O)(c1ccccc1)C1CCCCC1.Cl. The van der Waals surface area contributed by atoms with Gasteiger partial charge in [-0.3, -0.25) is 10.1 Å². The quantitative estimate of drug-likeness (QED) is 0.400. The van der Waals surface area contributed by atoms with Crippen LogP contribution >= 0.6 is 12.4 Å². The van der Waals surface area contributed by atoms with Crippen molar-refractivity contribution in [1.82, 2.24) is 10.6 Å². The van der Waals surface area contributed by atoms with E-state index in [0.717, 1.165) is 44.1 Å². The molecule has 3 N–H and O–H groups in total. The van der Waals surface area contributed by atoms with Crippen LogP contribution in [-0.2, 0) is 23.4 Å². The van der Waals surface area contributed by atoms with E-state index in [1.807, 2.05) is 30.3 Å². The van der Waals surface area contributed by atoms with Gasteiger partial charge >= 0.3 is 0 Å². The van der Waals surface area contributed by atoms with Gasteiger partial charge in [-0.25, -0.2) is 0 Å². The molecular formula is C27H35ClN2O2. The van der Waals surface area contributed by atoms with Gasteiger partial charge in [-0.2, -0.15) is 0 Å². The predicted octanol–water partition coefficient (Wildman–Crippen LogP) is 4.69. The van der Waals surface area contributed by atoms with Crippen LogP contribution in [0.15, 0.2) is 54.6 Å². The van der Waals surface area contributed by atoms with Crippen molar-refractivity contribution >= 4 is 18.3 Å². The lowest BCUT2D eigenvalue weighted by Crippen LogP contribution is -2.55. The highest BCUT2D eigenvalue weighted by Gasteiger charge is 2.46. The molecule has 0 aromatic heterocycles. The Morgan fingerprint density at radius 2 is 1.69 bits per heavy atom. The number of carbonyl (C=O) groups excluding carboxylic acids is 1. The van der Waals surface area contributed by atoms with Crippen molar-refractivity contribution in [2.75, 3.05) is 0 Å². The third kappa shape index (κ3) is 6.36. The van der Waals surface area contributed by atoms with Gasteiger partial charge in [0.25, 0.3) is 5.91 Å². The first-order chi connectivity index (χ1) is 15.1. The molecular weight excluding hydrogens is 420 g/mol. The Kier molecular flexibility index (Phi) is 10.3. The molecule has 0 saturated heterocycles. The summed E-state index contributed by atoms with van der Waals surface area (Å²) in [6.45, 7) is 4.47. The number of amides is 1. The summed E-state index contributed by atoms with van der Waals surface area (Å²) in [5, 5.41) is 18.0. The summed E-state index contributed by atoms with van der Waals surface area (Å²) in [6.07, 6.45) is 5.40. The molecule has 0 aliphatic heterocycles. The lowest BCUT2D eigenvalue weighted by atomic mass is 9.73. The molecule has 4 nitrogen and oxygen atoms in total. The van der Waals surface area contributed by atoms with E-state index in [9.17, 15) is 9.90 Å². The molecule has 1 aliphatic carbocycles. The van der Waals surface area contributed by atoms with Crippen molar-refractivity contribution < 1.29 is 9.90 Å². The minimum absolute atomic E-state index is 0. The molecule has 1 amide bonds. The molecule has 2 unspecified atom stereocenters. The average molecular weight is 455 g/mol. The van der Waals surface area contributed by atoms with E-state index in [4.69, 9.17) is 0 Å². The van der Waals surface area contributed by atoms with Gasteiger partial charge in [0, 0.05) is 12.5 Å². The fraction of sp³-hybridized carbons (Fsp3) is 0.444. The molecule has 32 heavy (non-hydrogen) atoms. The van der Waals surface area contributed by atoms with Crippen molar-refractivity contribution in [3.8, 4) is 11.8 Å². The average Bonchev–Trinajstić information content (AvgIpc) is 2.83. The summed E-state index contributed by atoms with van der Waals surface area (Å²) in [5.74, 6) is 5.44. The smallest absolute Gasteiger partial charge is 0.258 e. The zero-order chi connectivity index (χ0) is 22.1. The number of rotatable bonds is 8. The number of aryl methyl sites for hydroxylation is 1. The number of benzene rings is 2. The van der Waals surface area contributed by atoms with Crippen molar-refractivity contribution in [1.29, 1.82) is 0 Å². The first-order valence-corrected chi connectivity index (χ1v) is 11.4. The second kappa shape index (κ2) is 12.6. The summed E-state index contributed by atoms with van der Waals surface area (Å²) < 4.78 is 0. The van der Waals surface area contributed by atoms with Crippen LogP contribution in [0.3, 0.4) is 0 Å². The summed E-state index contributed by atoms with van der Waals surface area (Å²) in [6, 6.07) is 17.8. The van der Waals surface area contributed by atoms with Gasteiger partial charge < -0.3 is 10.4 Å². The van der Waals surface area contributed by atoms with Crippen LogP contribution in [0.25, 0.3) is 0 Å². The van der Waals surface area contributed by atoms with Gasteiger partial charge in [-0.15, -0.1) is 18.3 Å². The van der Waals surface area contributed by atoms with Crippen LogP contribution < -0.4 is 10.6 Å². The maximum Gasteiger partial charge on any atom is 0.258 e.